The average molecular weight is 558 g/mol. The Kier molecular flexibility index (Phi) is 9.32. The first-order valence-corrected chi connectivity index (χ1v) is 14.0. The molecule has 0 aromatic heterocycles. The van der Waals surface area contributed by atoms with Gasteiger partial charge in [0.05, 0.1) is 22.0 Å². The van der Waals surface area contributed by atoms with E-state index in [9.17, 15) is 18.0 Å². The van der Waals surface area contributed by atoms with Crippen LogP contribution in [0.15, 0.2) is 36.4 Å². The Bertz CT molecular complexity index is 1220. The molecule has 0 unspecified atom stereocenters. The third-order valence-electron chi connectivity index (χ3n) is 5.66. The lowest BCUT2D eigenvalue weighted by atomic mass is 10.1. The zero-order chi connectivity index (χ0) is 26.5. The number of hydrogen-bond donors (Lipinski definition) is 1. The molecule has 9 nitrogen and oxygen atoms in total. The fourth-order valence-corrected chi connectivity index (χ4v) is 4.77. The van der Waals surface area contributed by atoms with Gasteiger partial charge in [0.2, 0.25) is 28.6 Å². The first-order valence-electron chi connectivity index (χ1n) is 11.4. The fourth-order valence-electron chi connectivity index (χ4n) is 3.61. The molecule has 2 aromatic carbocycles. The van der Waals surface area contributed by atoms with Crippen LogP contribution in [0.3, 0.4) is 0 Å². The van der Waals surface area contributed by atoms with Crippen LogP contribution in [0.1, 0.15) is 32.3 Å². The molecule has 0 radical (unpaired) electrons. The standard InChI is InChI=1S/C24H29Cl2N3O6S/c1-4-5-10-27-24(31)16(2)28(13-17-6-8-19(25)20(26)11-17)23(30)14-29(36(3,32)33)18-7-9-21-22(12-18)35-15-34-21/h6-9,11-12,16H,4-5,10,13-15H2,1-3H3,(H,27,31)/t16-/m0/s1. The first-order chi connectivity index (χ1) is 17.0. The van der Waals surface area contributed by atoms with Crippen molar-refractivity contribution in [2.45, 2.75) is 39.3 Å². The smallest absolute Gasteiger partial charge is 0.244 e. The van der Waals surface area contributed by atoms with Crippen molar-refractivity contribution in [1.29, 1.82) is 0 Å². The number of unbranched alkanes of at least 4 members (excludes halogenated alkanes) is 1. The van der Waals surface area contributed by atoms with Crippen molar-refractivity contribution in [3.8, 4) is 11.5 Å². The van der Waals surface area contributed by atoms with Gasteiger partial charge in [0.1, 0.15) is 12.6 Å². The van der Waals surface area contributed by atoms with Crippen molar-refractivity contribution in [2.75, 3.05) is 30.4 Å². The highest BCUT2D eigenvalue weighted by atomic mass is 35.5. The van der Waals surface area contributed by atoms with Crippen LogP contribution >= 0.6 is 23.2 Å². The Morgan fingerprint density at radius 3 is 2.47 bits per heavy atom. The van der Waals surface area contributed by atoms with E-state index in [-0.39, 0.29) is 24.9 Å². The third-order valence-corrected chi connectivity index (χ3v) is 7.54. The molecule has 2 aromatic rings. The van der Waals surface area contributed by atoms with E-state index in [4.69, 9.17) is 32.7 Å². The molecule has 0 bridgehead atoms. The normalized spacial score (nSPS) is 13.2. The van der Waals surface area contributed by atoms with Gasteiger partial charge >= 0.3 is 0 Å². The quantitative estimate of drug-likeness (QED) is 0.421. The second-order valence-electron chi connectivity index (χ2n) is 8.40. The molecule has 12 heteroatoms. The second-order valence-corrected chi connectivity index (χ2v) is 11.1. The lowest BCUT2D eigenvalue weighted by Gasteiger charge is -2.31. The molecule has 1 N–H and O–H groups in total. The number of sulfonamides is 1. The highest BCUT2D eigenvalue weighted by Gasteiger charge is 2.30. The number of nitrogens with one attached hydrogen (secondary N) is 1. The van der Waals surface area contributed by atoms with Gasteiger partial charge in [0.15, 0.2) is 11.5 Å². The lowest BCUT2D eigenvalue weighted by Crippen LogP contribution is -2.51. The monoisotopic (exact) mass is 557 g/mol. The summed E-state index contributed by atoms with van der Waals surface area (Å²) in [4.78, 5) is 27.7. The van der Waals surface area contributed by atoms with Gasteiger partial charge in [0, 0.05) is 19.2 Å². The molecule has 0 saturated carbocycles. The molecule has 3 rings (SSSR count). The molecular weight excluding hydrogens is 529 g/mol. The zero-order valence-corrected chi connectivity index (χ0v) is 22.6. The molecule has 0 spiro atoms. The molecule has 196 valence electrons. The number of halogens is 2. The van der Waals surface area contributed by atoms with E-state index in [1.165, 1.54) is 17.0 Å². The molecule has 36 heavy (non-hydrogen) atoms. The Hall–Kier alpha value is -2.69. The van der Waals surface area contributed by atoms with Gasteiger partial charge < -0.3 is 19.7 Å². The third kappa shape index (κ3) is 6.96. The predicted octanol–water partition coefficient (Wildman–Crippen LogP) is 3.82. The van der Waals surface area contributed by atoms with Crippen molar-refractivity contribution in [3.05, 3.63) is 52.0 Å². The van der Waals surface area contributed by atoms with Crippen molar-refractivity contribution in [2.24, 2.45) is 0 Å². The number of ether oxygens (including phenoxy) is 2. The summed E-state index contributed by atoms with van der Waals surface area (Å²) >= 11 is 12.2. The Labute approximate surface area is 221 Å². The Morgan fingerprint density at radius 2 is 1.81 bits per heavy atom. The Morgan fingerprint density at radius 1 is 1.08 bits per heavy atom. The Balaban J connectivity index is 1.89. The highest BCUT2D eigenvalue weighted by molar-refractivity contribution is 7.92. The average Bonchev–Trinajstić information content (AvgIpc) is 3.30. The van der Waals surface area contributed by atoms with Gasteiger partial charge in [-0.15, -0.1) is 0 Å². The summed E-state index contributed by atoms with van der Waals surface area (Å²) in [5.41, 5.74) is 0.879. The molecule has 1 atom stereocenters. The molecule has 0 saturated heterocycles. The van der Waals surface area contributed by atoms with Crippen LogP contribution in [0.4, 0.5) is 5.69 Å². The van der Waals surface area contributed by atoms with E-state index < -0.39 is 28.5 Å². The second kappa shape index (κ2) is 12.0. The molecule has 2 amide bonds. The highest BCUT2D eigenvalue weighted by Crippen LogP contribution is 2.36. The van der Waals surface area contributed by atoms with E-state index in [2.05, 4.69) is 5.32 Å². The topological polar surface area (TPSA) is 105 Å². The van der Waals surface area contributed by atoms with Crippen molar-refractivity contribution >= 4 is 50.7 Å². The molecule has 1 aliphatic heterocycles. The number of amides is 2. The summed E-state index contributed by atoms with van der Waals surface area (Å²) in [5, 5.41) is 3.49. The van der Waals surface area contributed by atoms with Gasteiger partial charge in [0.25, 0.3) is 0 Å². The molecular formula is C24H29Cl2N3O6S. The van der Waals surface area contributed by atoms with Crippen molar-refractivity contribution in [3.63, 3.8) is 0 Å². The fraction of sp³-hybridized carbons (Fsp3) is 0.417. The number of carbonyl (C=O) groups is 2. The van der Waals surface area contributed by atoms with Crippen LogP contribution in [0.2, 0.25) is 10.0 Å². The summed E-state index contributed by atoms with van der Waals surface area (Å²) in [6.45, 7) is 3.61. The van der Waals surface area contributed by atoms with E-state index in [0.29, 0.717) is 33.7 Å². The van der Waals surface area contributed by atoms with Gasteiger partial charge in [-0.05, 0) is 43.2 Å². The van der Waals surface area contributed by atoms with Crippen LogP contribution in [0.5, 0.6) is 11.5 Å². The number of benzene rings is 2. The van der Waals surface area contributed by atoms with Crippen LogP contribution in [0.25, 0.3) is 0 Å². The minimum Gasteiger partial charge on any atom is -0.454 e. The SMILES string of the molecule is CCCCNC(=O)[C@H](C)N(Cc1ccc(Cl)c(Cl)c1)C(=O)CN(c1ccc2c(c1)OCO2)S(C)(=O)=O. The van der Waals surface area contributed by atoms with Crippen LogP contribution in [-0.2, 0) is 26.2 Å². The summed E-state index contributed by atoms with van der Waals surface area (Å²) < 4.78 is 37.0. The first kappa shape index (κ1) is 27.9. The number of anilines is 1. The molecule has 0 aliphatic carbocycles. The van der Waals surface area contributed by atoms with Crippen molar-refractivity contribution < 1.29 is 27.5 Å². The zero-order valence-electron chi connectivity index (χ0n) is 20.3. The van der Waals surface area contributed by atoms with Gasteiger partial charge in [-0.25, -0.2) is 8.42 Å². The maximum atomic E-state index is 13.6. The van der Waals surface area contributed by atoms with E-state index in [1.807, 2.05) is 6.92 Å². The van der Waals surface area contributed by atoms with Crippen molar-refractivity contribution in [1.82, 2.24) is 10.2 Å². The van der Waals surface area contributed by atoms with Crippen LogP contribution in [-0.4, -0.2) is 57.3 Å². The summed E-state index contributed by atoms with van der Waals surface area (Å²) in [6, 6.07) is 8.65. The number of hydrogen-bond acceptors (Lipinski definition) is 6. The molecule has 1 heterocycles. The van der Waals surface area contributed by atoms with Crippen LogP contribution in [0, 0.1) is 0 Å². The lowest BCUT2D eigenvalue weighted by molar-refractivity contribution is -0.139. The van der Waals surface area contributed by atoms with Gasteiger partial charge in [-0.1, -0.05) is 42.6 Å². The van der Waals surface area contributed by atoms with Crippen LogP contribution < -0.4 is 19.1 Å². The maximum Gasteiger partial charge on any atom is 0.244 e. The maximum absolute atomic E-state index is 13.6. The summed E-state index contributed by atoms with van der Waals surface area (Å²) in [7, 11) is -3.86. The number of fused-ring (bicyclic) bond motifs is 1. The van der Waals surface area contributed by atoms with E-state index in [1.54, 1.807) is 31.2 Å². The molecule has 1 aliphatic rings. The largest absolute Gasteiger partial charge is 0.454 e. The van der Waals surface area contributed by atoms with Gasteiger partial charge in [-0.3, -0.25) is 13.9 Å². The predicted molar refractivity (Wildman–Crippen MR) is 139 cm³/mol. The number of rotatable bonds is 11. The van der Waals surface area contributed by atoms with Gasteiger partial charge in [-0.2, -0.15) is 0 Å². The number of carbonyl (C=O) groups excluding carboxylic acids is 2. The minimum atomic E-state index is -3.86. The minimum absolute atomic E-state index is 0.0246. The summed E-state index contributed by atoms with van der Waals surface area (Å²) in [6.07, 6.45) is 2.71. The summed E-state index contributed by atoms with van der Waals surface area (Å²) in [5.74, 6) is -0.0461. The van der Waals surface area contributed by atoms with E-state index >= 15 is 0 Å². The van der Waals surface area contributed by atoms with E-state index in [0.717, 1.165) is 23.4 Å². The number of nitrogens with zero attached hydrogens (tertiary/aromatic N) is 2. The molecule has 0 fully saturated rings.